The third-order valence-corrected chi connectivity index (χ3v) is 4.41. The molecule has 3 rings (SSSR count). The molecule has 0 radical (unpaired) electrons. The fourth-order valence-electron chi connectivity index (χ4n) is 2.77. The fraction of sp³-hybridized carbons (Fsp3) is 0.158. The molecule has 0 aliphatic carbocycles. The Bertz CT molecular complexity index is 839. The number of rotatable bonds is 3. The molecule has 0 aromatic heterocycles. The van der Waals surface area contributed by atoms with Crippen LogP contribution in [-0.2, 0) is 11.2 Å². The van der Waals surface area contributed by atoms with Crippen molar-refractivity contribution in [1.82, 2.24) is 0 Å². The highest BCUT2D eigenvalue weighted by Crippen LogP contribution is 2.27. The molecule has 0 fully saturated rings. The SMILES string of the molecule is N#C/C(=C/Nc1cccc(Br)c1)C(=O)N1CCCc2ccccc21. The molecular weight excluding hydrogens is 366 g/mol. The average Bonchev–Trinajstić information content (AvgIpc) is 2.61. The fourth-order valence-corrected chi connectivity index (χ4v) is 3.16. The highest BCUT2D eigenvalue weighted by molar-refractivity contribution is 9.10. The molecule has 1 aliphatic rings. The predicted octanol–water partition coefficient (Wildman–Crippen LogP) is 4.25. The molecule has 24 heavy (non-hydrogen) atoms. The summed E-state index contributed by atoms with van der Waals surface area (Å²) in [5, 5.41) is 12.4. The number of hydrogen-bond acceptors (Lipinski definition) is 3. The number of amides is 1. The zero-order valence-electron chi connectivity index (χ0n) is 13.0. The van der Waals surface area contributed by atoms with Crippen LogP contribution in [0.1, 0.15) is 12.0 Å². The number of nitrogens with zero attached hydrogens (tertiary/aromatic N) is 2. The summed E-state index contributed by atoms with van der Waals surface area (Å²) in [6, 6.07) is 17.4. The Kier molecular flexibility index (Phi) is 4.97. The van der Waals surface area contributed by atoms with Crippen molar-refractivity contribution in [2.75, 3.05) is 16.8 Å². The first-order valence-electron chi connectivity index (χ1n) is 7.71. The van der Waals surface area contributed by atoms with Crippen LogP contribution in [0.15, 0.2) is 64.8 Å². The molecule has 0 atom stereocenters. The normalized spacial score (nSPS) is 13.8. The minimum Gasteiger partial charge on any atom is -0.360 e. The van der Waals surface area contributed by atoms with Crippen LogP contribution in [0.2, 0.25) is 0 Å². The van der Waals surface area contributed by atoms with E-state index in [0.29, 0.717) is 6.54 Å². The van der Waals surface area contributed by atoms with E-state index in [-0.39, 0.29) is 11.5 Å². The van der Waals surface area contributed by atoms with Crippen molar-refractivity contribution in [3.05, 3.63) is 70.3 Å². The van der Waals surface area contributed by atoms with Crippen LogP contribution in [0, 0.1) is 11.3 Å². The Morgan fingerprint density at radius 2 is 2.08 bits per heavy atom. The lowest BCUT2D eigenvalue weighted by Gasteiger charge is -2.29. The van der Waals surface area contributed by atoms with Crippen LogP contribution in [0.3, 0.4) is 0 Å². The first kappa shape index (κ1) is 16.3. The summed E-state index contributed by atoms with van der Waals surface area (Å²) >= 11 is 3.39. The van der Waals surface area contributed by atoms with E-state index in [0.717, 1.165) is 34.3 Å². The van der Waals surface area contributed by atoms with E-state index in [1.165, 1.54) is 6.20 Å². The lowest BCUT2D eigenvalue weighted by Crippen LogP contribution is -2.36. The molecule has 1 amide bonds. The summed E-state index contributed by atoms with van der Waals surface area (Å²) in [5.41, 5.74) is 2.95. The maximum atomic E-state index is 12.8. The number of carbonyl (C=O) groups excluding carboxylic acids is 1. The molecule has 120 valence electrons. The standard InChI is InChI=1S/C19H16BrN3O/c20-16-7-3-8-17(11-16)22-13-15(12-21)19(24)23-10-4-6-14-5-1-2-9-18(14)23/h1-3,5,7-9,11,13,22H,4,6,10H2/b15-13-. The molecular formula is C19H16BrN3O. The zero-order valence-corrected chi connectivity index (χ0v) is 14.6. The minimum absolute atomic E-state index is 0.0895. The molecule has 5 heteroatoms. The highest BCUT2D eigenvalue weighted by atomic mass is 79.9. The lowest BCUT2D eigenvalue weighted by atomic mass is 10.0. The molecule has 1 aliphatic heterocycles. The summed E-state index contributed by atoms with van der Waals surface area (Å²) in [7, 11) is 0. The molecule has 0 saturated heterocycles. The van der Waals surface area contributed by atoms with Gasteiger partial charge >= 0.3 is 0 Å². The second-order valence-corrected chi connectivity index (χ2v) is 6.43. The van der Waals surface area contributed by atoms with Crippen molar-refractivity contribution in [2.24, 2.45) is 0 Å². The molecule has 2 aromatic rings. The number of nitriles is 1. The Hall–Kier alpha value is -2.58. The number of anilines is 2. The highest BCUT2D eigenvalue weighted by Gasteiger charge is 2.24. The largest absolute Gasteiger partial charge is 0.360 e. The molecule has 0 saturated carbocycles. The lowest BCUT2D eigenvalue weighted by molar-refractivity contribution is -0.114. The summed E-state index contributed by atoms with van der Waals surface area (Å²) in [5.74, 6) is -0.271. The number of hydrogen-bond donors (Lipinski definition) is 1. The Balaban J connectivity index is 1.83. The van der Waals surface area contributed by atoms with Gasteiger partial charge in [-0.1, -0.05) is 40.2 Å². The summed E-state index contributed by atoms with van der Waals surface area (Å²) < 4.78 is 0.927. The molecule has 0 spiro atoms. The quantitative estimate of drug-likeness (QED) is 0.638. The van der Waals surface area contributed by atoms with E-state index in [4.69, 9.17) is 0 Å². The number of carbonyl (C=O) groups is 1. The monoisotopic (exact) mass is 381 g/mol. The molecule has 1 heterocycles. The number of halogens is 1. The van der Waals surface area contributed by atoms with Crippen molar-refractivity contribution in [3.8, 4) is 6.07 Å². The van der Waals surface area contributed by atoms with Gasteiger partial charge in [0.2, 0.25) is 0 Å². The van der Waals surface area contributed by atoms with E-state index >= 15 is 0 Å². The van der Waals surface area contributed by atoms with E-state index in [1.54, 1.807) is 4.90 Å². The number of nitrogens with one attached hydrogen (secondary N) is 1. The van der Waals surface area contributed by atoms with Gasteiger partial charge in [0.25, 0.3) is 5.91 Å². The first-order valence-corrected chi connectivity index (χ1v) is 8.50. The third kappa shape index (κ3) is 3.50. The number of para-hydroxylation sites is 1. The van der Waals surface area contributed by atoms with Crippen molar-refractivity contribution >= 4 is 33.2 Å². The zero-order chi connectivity index (χ0) is 16.9. The first-order chi connectivity index (χ1) is 11.7. The number of benzene rings is 2. The van der Waals surface area contributed by atoms with Gasteiger partial charge in [0.1, 0.15) is 11.6 Å². The van der Waals surface area contributed by atoms with Gasteiger partial charge in [0, 0.05) is 28.6 Å². The average molecular weight is 382 g/mol. The van der Waals surface area contributed by atoms with Crippen molar-refractivity contribution in [2.45, 2.75) is 12.8 Å². The van der Waals surface area contributed by atoms with Crippen LogP contribution in [0.5, 0.6) is 0 Å². The predicted molar refractivity (Wildman–Crippen MR) is 98.6 cm³/mol. The Morgan fingerprint density at radius 3 is 2.88 bits per heavy atom. The second kappa shape index (κ2) is 7.33. The van der Waals surface area contributed by atoms with E-state index in [9.17, 15) is 10.1 Å². The Morgan fingerprint density at radius 1 is 1.25 bits per heavy atom. The topological polar surface area (TPSA) is 56.1 Å². The Labute approximate surface area is 149 Å². The minimum atomic E-state index is -0.271. The van der Waals surface area contributed by atoms with Gasteiger partial charge in [-0.05, 0) is 42.7 Å². The summed E-state index contributed by atoms with van der Waals surface area (Å²) in [6.07, 6.45) is 3.34. The molecule has 1 N–H and O–H groups in total. The van der Waals surface area contributed by atoms with Crippen molar-refractivity contribution in [3.63, 3.8) is 0 Å². The van der Waals surface area contributed by atoms with Crippen LogP contribution in [-0.4, -0.2) is 12.5 Å². The van der Waals surface area contributed by atoms with Gasteiger partial charge in [0.15, 0.2) is 0 Å². The molecule has 2 aromatic carbocycles. The smallest absolute Gasteiger partial charge is 0.270 e. The second-order valence-electron chi connectivity index (χ2n) is 5.51. The van der Waals surface area contributed by atoms with Gasteiger partial charge < -0.3 is 10.2 Å². The van der Waals surface area contributed by atoms with Crippen LogP contribution < -0.4 is 10.2 Å². The van der Waals surface area contributed by atoms with Gasteiger partial charge in [0.05, 0.1) is 0 Å². The van der Waals surface area contributed by atoms with Crippen molar-refractivity contribution in [1.29, 1.82) is 5.26 Å². The van der Waals surface area contributed by atoms with Gasteiger partial charge in [-0.2, -0.15) is 5.26 Å². The number of fused-ring (bicyclic) bond motifs is 1. The molecule has 0 bridgehead atoms. The van der Waals surface area contributed by atoms with Crippen LogP contribution in [0.25, 0.3) is 0 Å². The van der Waals surface area contributed by atoms with Crippen molar-refractivity contribution < 1.29 is 4.79 Å². The number of aryl methyl sites for hydroxylation is 1. The van der Waals surface area contributed by atoms with Gasteiger partial charge in [-0.3, -0.25) is 4.79 Å². The summed E-state index contributed by atoms with van der Waals surface area (Å²) in [6.45, 7) is 0.631. The van der Waals surface area contributed by atoms with Gasteiger partial charge in [-0.15, -0.1) is 0 Å². The van der Waals surface area contributed by atoms with E-state index in [1.807, 2.05) is 54.6 Å². The van der Waals surface area contributed by atoms with Gasteiger partial charge in [-0.25, -0.2) is 0 Å². The van der Waals surface area contributed by atoms with E-state index in [2.05, 4.69) is 21.2 Å². The molecule has 4 nitrogen and oxygen atoms in total. The third-order valence-electron chi connectivity index (χ3n) is 3.91. The van der Waals surface area contributed by atoms with E-state index < -0.39 is 0 Å². The molecule has 0 unspecified atom stereocenters. The summed E-state index contributed by atoms with van der Waals surface area (Å²) in [4.78, 5) is 14.5. The maximum absolute atomic E-state index is 12.8. The van der Waals surface area contributed by atoms with Crippen LogP contribution >= 0.6 is 15.9 Å². The maximum Gasteiger partial charge on any atom is 0.270 e. The van der Waals surface area contributed by atoms with Crippen LogP contribution in [0.4, 0.5) is 11.4 Å².